The number of hydrogen-bond donors (Lipinski definition) is 1. The second kappa shape index (κ2) is 9.88. The van der Waals surface area contributed by atoms with Crippen LogP contribution in [0.2, 0.25) is 0 Å². The van der Waals surface area contributed by atoms with Crippen LogP contribution in [0.1, 0.15) is 35.3 Å². The lowest BCUT2D eigenvalue weighted by Gasteiger charge is -2.28. The van der Waals surface area contributed by atoms with Gasteiger partial charge in [-0.3, -0.25) is 14.3 Å². The van der Waals surface area contributed by atoms with Crippen molar-refractivity contribution in [3.63, 3.8) is 0 Å². The van der Waals surface area contributed by atoms with Gasteiger partial charge in [0.05, 0.1) is 36.2 Å². The van der Waals surface area contributed by atoms with Gasteiger partial charge in [-0.25, -0.2) is 18.9 Å². The van der Waals surface area contributed by atoms with E-state index in [2.05, 4.69) is 15.3 Å². The Kier molecular flexibility index (Phi) is 6.02. The number of rotatable bonds is 6. The van der Waals surface area contributed by atoms with Gasteiger partial charge in [0.2, 0.25) is 11.9 Å². The van der Waals surface area contributed by atoms with E-state index in [-0.39, 0.29) is 23.1 Å². The molecule has 12 heteroatoms. The molecule has 0 radical (unpaired) electrons. The second-order valence-corrected chi connectivity index (χ2v) is 10.3. The van der Waals surface area contributed by atoms with Crippen LogP contribution in [-0.4, -0.2) is 52.6 Å². The molecule has 0 saturated heterocycles. The van der Waals surface area contributed by atoms with E-state index in [9.17, 15) is 18.4 Å². The third kappa shape index (κ3) is 4.92. The Bertz CT molecular complexity index is 1810. The number of hydrogen-bond acceptors (Lipinski definition) is 6. The summed E-state index contributed by atoms with van der Waals surface area (Å²) < 4.78 is 30.7. The van der Waals surface area contributed by atoms with Gasteiger partial charge in [-0.05, 0) is 61.2 Å². The molecular formula is C29H24F2N8O2. The average Bonchev–Trinajstić information content (AvgIpc) is 3.56. The Morgan fingerprint density at radius 1 is 1.00 bits per heavy atom. The smallest absolute Gasteiger partial charge is 0.257 e. The Morgan fingerprint density at radius 2 is 1.83 bits per heavy atom. The van der Waals surface area contributed by atoms with E-state index in [4.69, 9.17) is 10.2 Å². The molecule has 1 aliphatic heterocycles. The van der Waals surface area contributed by atoms with Crippen molar-refractivity contribution in [2.75, 3.05) is 11.9 Å². The molecule has 7 rings (SSSR count). The Morgan fingerprint density at radius 3 is 2.61 bits per heavy atom. The van der Waals surface area contributed by atoms with Crippen LogP contribution >= 0.6 is 0 Å². The number of aromatic nitrogens is 6. The van der Waals surface area contributed by atoms with Crippen LogP contribution < -0.4 is 5.32 Å². The van der Waals surface area contributed by atoms with Crippen LogP contribution in [-0.2, 0) is 17.9 Å². The van der Waals surface area contributed by atoms with Crippen molar-refractivity contribution in [3.8, 4) is 22.5 Å². The minimum Gasteiger partial charge on any atom is -0.335 e. The molecule has 5 aromatic rings. The molecular weight excluding hydrogens is 530 g/mol. The first-order chi connectivity index (χ1) is 19.9. The molecule has 1 saturated carbocycles. The summed E-state index contributed by atoms with van der Waals surface area (Å²) in [6, 6.07) is 12.1. The summed E-state index contributed by atoms with van der Waals surface area (Å²) in [5, 5.41) is 12.3. The van der Waals surface area contributed by atoms with E-state index in [0.717, 1.165) is 35.7 Å². The van der Waals surface area contributed by atoms with Crippen molar-refractivity contribution in [3.05, 3.63) is 83.9 Å². The molecule has 1 aliphatic carbocycles. The average molecular weight is 555 g/mol. The number of nitrogens with one attached hydrogen (secondary N) is 1. The Hall–Kier alpha value is -5.00. The number of fused-ring (bicyclic) bond motifs is 2. The molecule has 5 heterocycles. The normalized spacial score (nSPS) is 14.7. The Balaban J connectivity index is 1.25. The summed E-state index contributed by atoms with van der Waals surface area (Å²) in [6.45, 7) is 1.50. The number of carbonyl (C=O) groups excluding carboxylic acids is 2. The molecule has 1 aromatic carbocycles. The molecule has 0 spiro atoms. The van der Waals surface area contributed by atoms with Crippen molar-refractivity contribution in [1.82, 2.24) is 34.3 Å². The predicted octanol–water partition coefficient (Wildman–Crippen LogP) is 4.33. The highest BCUT2D eigenvalue weighted by Crippen LogP contribution is 2.37. The zero-order valence-corrected chi connectivity index (χ0v) is 21.8. The number of pyridine rings is 1. The number of carbonyl (C=O) groups is 2. The van der Waals surface area contributed by atoms with Gasteiger partial charge in [0.15, 0.2) is 11.5 Å². The van der Waals surface area contributed by atoms with Gasteiger partial charge in [0.1, 0.15) is 11.5 Å². The highest BCUT2D eigenvalue weighted by Gasteiger charge is 2.32. The minimum atomic E-state index is -0.756. The molecule has 0 atom stereocenters. The summed E-state index contributed by atoms with van der Waals surface area (Å²) >= 11 is 0. The lowest BCUT2D eigenvalue weighted by Crippen LogP contribution is -2.38. The zero-order valence-electron chi connectivity index (χ0n) is 21.8. The van der Waals surface area contributed by atoms with Crippen molar-refractivity contribution < 1.29 is 18.4 Å². The number of benzene rings is 1. The number of halogens is 2. The van der Waals surface area contributed by atoms with Crippen molar-refractivity contribution in [1.29, 1.82) is 0 Å². The highest BCUT2D eigenvalue weighted by molar-refractivity contribution is 6.03. The standard InChI is InChI=1S/C29H24F2N8O2/c30-20-5-3-18(4-6-20)28-27(22-15-37(11-12-38(22)36-28)26(40)13-17-1-2-17)21-7-8-25-33-24(16-39(25)35-21)34-29(41)19-9-10-32-23(31)14-19/h3-10,14,16-17H,1-2,11-13,15H2,(H,34,41). The van der Waals surface area contributed by atoms with Crippen LogP contribution in [0.25, 0.3) is 28.2 Å². The number of anilines is 1. The van der Waals surface area contributed by atoms with Gasteiger partial charge in [-0.15, -0.1) is 0 Å². The van der Waals surface area contributed by atoms with Crippen LogP contribution in [0.5, 0.6) is 0 Å². The van der Waals surface area contributed by atoms with Gasteiger partial charge >= 0.3 is 0 Å². The van der Waals surface area contributed by atoms with E-state index >= 15 is 0 Å². The fourth-order valence-electron chi connectivity index (χ4n) is 5.12. The molecule has 1 fully saturated rings. The van der Waals surface area contributed by atoms with Gasteiger partial charge in [-0.2, -0.15) is 14.6 Å². The predicted molar refractivity (Wildman–Crippen MR) is 145 cm³/mol. The van der Waals surface area contributed by atoms with Gasteiger partial charge < -0.3 is 10.2 Å². The monoisotopic (exact) mass is 554 g/mol. The molecule has 0 bridgehead atoms. The summed E-state index contributed by atoms with van der Waals surface area (Å²) in [6.07, 6.45) is 5.55. The number of nitrogens with zero attached hydrogens (tertiary/aromatic N) is 7. The minimum absolute atomic E-state index is 0.111. The molecule has 10 nitrogen and oxygen atoms in total. The van der Waals surface area contributed by atoms with Gasteiger partial charge in [0.25, 0.3) is 5.91 Å². The summed E-state index contributed by atoms with van der Waals surface area (Å²) in [7, 11) is 0. The van der Waals surface area contributed by atoms with Gasteiger partial charge in [0, 0.05) is 36.4 Å². The first-order valence-electron chi connectivity index (χ1n) is 13.3. The molecule has 2 amide bonds. The fourth-order valence-corrected chi connectivity index (χ4v) is 5.12. The van der Waals surface area contributed by atoms with E-state index in [0.29, 0.717) is 49.0 Å². The highest BCUT2D eigenvalue weighted by atomic mass is 19.1. The van der Waals surface area contributed by atoms with Crippen LogP contribution in [0.15, 0.2) is 60.9 Å². The van der Waals surface area contributed by atoms with Crippen LogP contribution in [0.4, 0.5) is 14.6 Å². The molecule has 2 aliphatic rings. The van der Waals surface area contributed by atoms with E-state index in [1.165, 1.54) is 28.9 Å². The first-order valence-corrected chi connectivity index (χ1v) is 13.3. The maximum atomic E-state index is 13.8. The van der Waals surface area contributed by atoms with Gasteiger partial charge in [-0.1, -0.05) is 0 Å². The van der Waals surface area contributed by atoms with E-state index < -0.39 is 11.9 Å². The molecule has 1 N–H and O–H groups in total. The van der Waals surface area contributed by atoms with E-state index in [1.54, 1.807) is 24.4 Å². The maximum Gasteiger partial charge on any atom is 0.257 e. The van der Waals surface area contributed by atoms with E-state index in [1.807, 2.05) is 15.6 Å². The van der Waals surface area contributed by atoms with Crippen LogP contribution in [0, 0.1) is 17.7 Å². The maximum absolute atomic E-state index is 13.8. The molecule has 4 aromatic heterocycles. The molecule has 0 unspecified atom stereocenters. The van der Waals surface area contributed by atoms with Crippen molar-refractivity contribution >= 4 is 23.3 Å². The molecule has 206 valence electrons. The SMILES string of the molecule is O=C(Nc1cn2nc(-c3c(-c4ccc(F)cc4)nn4c3CN(C(=O)CC3CC3)CC4)ccc2n1)c1ccnc(F)c1. The Labute approximate surface area is 232 Å². The first kappa shape index (κ1) is 25.0. The number of amides is 2. The van der Waals surface area contributed by atoms with Crippen molar-refractivity contribution in [2.45, 2.75) is 32.4 Å². The second-order valence-electron chi connectivity index (χ2n) is 10.3. The molecule has 41 heavy (non-hydrogen) atoms. The number of imidazole rings is 1. The third-order valence-electron chi connectivity index (χ3n) is 7.42. The van der Waals surface area contributed by atoms with Crippen molar-refractivity contribution in [2.24, 2.45) is 5.92 Å². The summed E-state index contributed by atoms with van der Waals surface area (Å²) in [5.41, 5.74) is 4.13. The topological polar surface area (TPSA) is 110 Å². The summed E-state index contributed by atoms with van der Waals surface area (Å²) in [5.74, 6) is -0.769. The summed E-state index contributed by atoms with van der Waals surface area (Å²) in [4.78, 5) is 35.3. The lowest BCUT2D eigenvalue weighted by atomic mass is 10.0. The quantitative estimate of drug-likeness (QED) is 0.313. The zero-order chi connectivity index (χ0) is 28.1. The van der Waals surface area contributed by atoms with Crippen LogP contribution in [0.3, 0.4) is 0 Å². The largest absolute Gasteiger partial charge is 0.335 e. The lowest BCUT2D eigenvalue weighted by molar-refractivity contribution is -0.133. The third-order valence-corrected chi connectivity index (χ3v) is 7.42. The fraction of sp³-hybridized carbons (Fsp3) is 0.241.